The largest absolute Gasteiger partial charge is 0.455 e. The fraction of sp³-hybridized carbons (Fsp3) is 0.250. The van der Waals surface area contributed by atoms with Crippen LogP contribution in [0.5, 0.6) is 0 Å². The summed E-state index contributed by atoms with van der Waals surface area (Å²) in [5, 5.41) is 4.70. The summed E-state index contributed by atoms with van der Waals surface area (Å²) >= 11 is 0. The van der Waals surface area contributed by atoms with Gasteiger partial charge in [0.05, 0.1) is 5.69 Å². The quantitative estimate of drug-likeness (QED) is 0.312. The molecule has 0 amide bonds. The molecule has 2 nitrogen and oxygen atoms in total. The first kappa shape index (κ1) is 17.7. The van der Waals surface area contributed by atoms with E-state index < -0.39 is 0 Å². The van der Waals surface area contributed by atoms with Gasteiger partial charge in [0.15, 0.2) is 0 Å². The summed E-state index contributed by atoms with van der Waals surface area (Å²) in [6.45, 7) is 0. The number of furan rings is 1. The Bertz CT molecular complexity index is 1360. The van der Waals surface area contributed by atoms with Gasteiger partial charge in [0, 0.05) is 27.9 Å². The maximum atomic E-state index is 6.50. The topological polar surface area (TPSA) is 26.0 Å². The third-order valence-corrected chi connectivity index (χ3v) is 6.74. The molecule has 0 radical (unpaired) electrons. The average Bonchev–Trinajstić information content (AvgIpc) is 3.19. The third kappa shape index (κ3) is 2.99. The normalized spacial score (nSPS) is 15.3. The molecule has 148 valence electrons. The van der Waals surface area contributed by atoms with Gasteiger partial charge < -0.3 is 4.42 Å². The highest BCUT2D eigenvalue weighted by Gasteiger charge is 2.17. The zero-order valence-electron chi connectivity index (χ0n) is 17.1. The number of para-hydroxylation sites is 1. The van der Waals surface area contributed by atoms with E-state index in [1.165, 1.54) is 48.4 Å². The summed E-state index contributed by atoms with van der Waals surface area (Å²) in [7, 11) is 0. The van der Waals surface area contributed by atoms with Crippen LogP contribution >= 0.6 is 0 Å². The van der Waals surface area contributed by atoms with Gasteiger partial charge in [0.25, 0.3) is 0 Å². The number of rotatable bonds is 3. The second kappa shape index (κ2) is 7.28. The van der Waals surface area contributed by atoms with Crippen LogP contribution in [0.25, 0.3) is 44.0 Å². The Hall–Kier alpha value is -3.13. The van der Waals surface area contributed by atoms with Crippen molar-refractivity contribution in [2.24, 2.45) is 5.92 Å². The Kier molecular flexibility index (Phi) is 4.30. The van der Waals surface area contributed by atoms with Gasteiger partial charge >= 0.3 is 0 Å². The number of aromatic nitrogens is 1. The van der Waals surface area contributed by atoms with Crippen molar-refractivity contribution in [1.29, 1.82) is 0 Å². The van der Waals surface area contributed by atoms with Crippen molar-refractivity contribution in [1.82, 2.24) is 4.98 Å². The van der Waals surface area contributed by atoms with E-state index in [0.717, 1.165) is 45.5 Å². The smallest absolute Gasteiger partial charge is 0.144 e. The SMILES string of the molecule is c1ccc2c(c1)ccc1c3cccc(-c4cc(CC5CCCCC5)ccn4)c3oc21. The molecule has 1 aliphatic carbocycles. The van der Waals surface area contributed by atoms with E-state index in [2.05, 4.69) is 66.7 Å². The van der Waals surface area contributed by atoms with Crippen molar-refractivity contribution in [3.8, 4) is 11.3 Å². The van der Waals surface area contributed by atoms with E-state index in [1.54, 1.807) is 0 Å². The lowest BCUT2D eigenvalue weighted by atomic mass is 9.85. The van der Waals surface area contributed by atoms with Crippen molar-refractivity contribution >= 4 is 32.7 Å². The molecule has 0 saturated heterocycles. The van der Waals surface area contributed by atoms with Crippen LogP contribution in [-0.2, 0) is 6.42 Å². The van der Waals surface area contributed by atoms with Gasteiger partial charge in [0.1, 0.15) is 11.2 Å². The molecule has 3 aromatic carbocycles. The summed E-state index contributed by atoms with van der Waals surface area (Å²) in [5.41, 5.74) is 5.39. The van der Waals surface area contributed by atoms with Crippen LogP contribution < -0.4 is 0 Å². The summed E-state index contributed by atoms with van der Waals surface area (Å²) < 4.78 is 6.50. The Morgan fingerprint density at radius 2 is 1.60 bits per heavy atom. The van der Waals surface area contributed by atoms with Crippen LogP contribution in [0.15, 0.2) is 77.3 Å². The molecule has 0 unspecified atom stereocenters. The van der Waals surface area contributed by atoms with Crippen LogP contribution in [0.2, 0.25) is 0 Å². The van der Waals surface area contributed by atoms with Crippen LogP contribution in [0.3, 0.4) is 0 Å². The minimum absolute atomic E-state index is 0.822. The molecule has 0 aliphatic heterocycles. The van der Waals surface area contributed by atoms with Crippen molar-refractivity contribution < 1.29 is 4.42 Å². The molecule has 0 spiro atoms. The highest BCUT2D eigenvalue weighted by molar-refractivity contribution is 6.17. The monoisotopic (exact) mass is 391 g/mol. The van der Waals surface area contributed by atoms with Crippen LogP contribution in [0.4, 0.5) is 0 Å². The number of pyridine rings is 1. The Labute approximate surface area is 176 Å². The summed E-state index contributed by atoms with van der Waals surface area (Å²) in [4.78, 5) is 4.73. The fourth-order valence-corrected chi connectivity index (χ4v) is 5.20. The zero-order chi connectivity index (χ0) is 19.9. The third-order valence-electron chi connectivity index (χ3n) is 6.74. The van der Waals surface area contributed by atoms with Crippen molar-refractivity contribution in [2.75, 3.05) is 0 Å². The molecule has 2 heteroatoms. The molecular formula is C28H25NO. The molecule has 2 heterocycles. The van der Waals surface area contributed by atoms with E-state index in [4.69, 9.17) is 9.40 Å². The van der Waals surface area contributed by atoms with Crippen molar-refractivity contribution in [3.63, 3.8) is 0 Å². The lowest BCUT2D eigenvalue weighted by Crippen LogP contribution is -2.09. The lowest BCUT2D eigenvalue weighted by Gasteiger charge is -2.21. The van der Waals surface area contributed by atoms with Crippen molar-refractivity contribution in [2.45, 2.75) is 38.5 Å². The van der Waals surface area contributed by atoms with Gasteiger partial charge in [-0.2, -0.15) is 0 Å². The lowest BCUT2D eigenvalue weighted by molar-refractivity contribution is 0.356. The molecule has 0 N–H and O–H groups in total. The molecule has 30 heavy (non-hydrogen) atoms. The molecule has 5 aromatic rings. The van der Waals surface area contributed by atoms with Gasteiger partial charge in [-0.3, -0.25) is 4.98 Å². The summed E-state index contributed by atoms with van der Waals surface area (Å²) in [6.07, 6.45) is 10.0. The predicted molar refractivity (Wildman–Crippen MR) is 125 cm³/mol. The number of benzene rings is 3. The number of nitrogens with zero attached hydrogens (tertiary/aromatic N) is 1. The zero-order valence-corrected chi connectivity index (χ0v) is 17.1. The average molecular weight is 392 g/mol. The van der Waals surface area contributed by atoms with Gasteiger partial charge in [-0.1, -0.05) is 74.6 Å². The molecule has 1 aliphatic rings. The highest BCUT2D eigenvalue weighted by Crippen LogP contribution is 2.38. The number of hydrogen-bond acceptors (Lipinski definition) is 2. The highest BCUT2D eigenvalue weighted by atomic mass is 16.3. The number of fused-ring (bicyclic) bond motifs is 5. The molecule has 6 rings (SSSR count). The fourth-order valence-electron chi connectivity index (χ4n) is 5.20. The van der Waals surface area contributed by atoms with E-state index in [-0.39, 0.29) is 0 Å². The van der Waals surface area contributed by atoms with E-state index in [9.17, 15) is 0 Å². The first-order valence-electron chi connectivity index (χ1n) is 11.1. The molecule has 0 bridgehead atoms. The second-order valence-electron chi connectivity index (χ2n) is 8.71. The van der Waals surface area contributed by atoms with E-state index in [0.29, 0.717) is 0 Å². The van der Waals surface area contributed by atoms with Gasteiger partial charge in [-0.05, 0) is 47.6 Å². The number of hydrogen-bond donors (Lipinski definition) is 0. The minimum Gasteiger partial charge on any atom is -0.455 e. The molecule has 2 aromatic heterocycles. The van der Waals surface area contributed by atoms with Crippen LogP contribution in [0.1, 0.15) is 37.7 Å². The molecule has 1 saturated carbocycles. The van der Waals surface area contributed by atoms with Crippen LogP contribution in [-0.4, -0.2) is 4.98 Å². The standard InChI is InChI=1S/C28H25NO/c1-2-7-19(8-3-1)17-20-15-16-29-26(18-20)25-12-6-11-23-24-14-13-21-9-4-5-10-22(21)27(24)30-28(23)25/h4-6,9-16,18-19H,1-3,7-8,17H2. The van der Waals surface area contributed by atoms with E-state index >= 15 is 0 Å². The predicted octanol–water partition coefficient (Wildman–Crippen LogP) is 7.92. The molecule has 0 atom stereocenters. The Morgan fingerprint density at radius 1 is 0.767 bits per heavy atom. The summed E-state index contributed by atoms with van der Waals surface area (Å²) in [5.74, 6) is 0.822. The molecule has 1 fully saturated rings. The first-order valence-corrected chi connectivity index (χ1v) is 11.1. The van der Waals surface area contributed by atoms with Gasteiger partial charge in [-0.25, -0.2) is 0 Å². The van der Waals surface area contributed by atoms with Gasteiger partial charge in [-0.15, -0.1) is 0 Å². The Balaban J connectivity index is 1.48. The maximum Gasteiger partial charge on any atom is 0.144 e. The van der Waals surface area contributed by atoms with Crippen molar-refractivity contribution in [3.05, 3.63) is 78.5 Å². The maximum absolute atomic E-state index is 6.50. The molecular weight excluding hydrogens is 366 g/mol. The summed E-state index contributed by atoms with van der Waals surface area (Å²) in [6, 6.07) is 23.7. The first-order chi connectivity index (χ1) is 14.9. The van der Waals surface area contributed by atoms with Crippen LogP contribution in [0, 0.1) is 5.92 Å². The Morgan fingerprint density at radius 3 is 2.53 bits per heavy atom. The minimum atomic E-state index is 0.822. The van der Waals surface area contributed by atoms with E-state index in [1.807, 2.05) is 6.20 Å². The second-order valence-corrected chi connectivity index (χ2v) is 8.71. The van der Waals surface area contributed by atoms with Gasteiger partial charge in [0.2, 0.25) is 0 Å².